The fourth-order valence-electron chi connectivity index (χ4n) is 4.15. The molecule has 0 unspecified atom stereocenters. The van der Waals surface area contributed by atoms with Crippen molar-refractivity contribution >= 4 is 0 Å². The Morgan fingerprint density at radius 1 is 0.609 bits per heavy atom. The average molecular weight is 327 g/mol. The van der Waals surface area contributed by atoms with Crippen LogP contribution in [0.25, 0.3) is 0 Å². The van der Waals surface area contributed by atoms with Crippen molar-refractivity contribution in [2.75, 3.05) is 6.61 Å². The first kappa shape index (κ1) is 23.0. The predicted octanol–water partition coefficient (Wildman–Crippen LogP) is 7.92. The summed E-state index contributed by atoms with van der Waals surface area (Å²) in [7, 11) is 0. The molecule has 23 heavy (non-hydrogen) atoms. The molecule has 0 bridgehead atoms. The highest BCUT2D eigenvalue weighted by atomic mass is 16.5. The van der Waals surface area contributed by atoms with E-state index in [9.17, 15) is 0 Å². The third-order valence-electron chi connectivity index (χ3n) is 5.14. The van der Waals surface area contributed by atoms with Crippen molar-refractivity contribution in [1.29, 1.82) is 0 Å². The van der Waals surface area contributed by atoms with Crippen LogP contribution in [0.5, 0.6) is 0 Å². The van der Waals surface area contributed by atoms with Gasteiger partial charge in [-0.05, 0) is 51.4 Å². The highest BCUT2D eigenvalue weighted by molar-refractivity contribution is 4.78. The van der Waals surface area contributed by atoms with Gasteiger partial charge in [0.15, 0.2) is 0 Å². The van der Waals surface area contributed by atoms with E-state index in [0.29, 0.717) is 11.5 Å². The largest absolute Gasteiger partial charge is 0.379 e. The summed E-state index contributed by atoms with van der Waals surface area (Å²) in [5.41, 5.74) is 0.673. The van der Waals surface area contributed by atoms with Gasteiger partial charge in [-0.3, -0.25) is 0 Å². The van der Waals surface area contributed by atoms with Gasteiger partial charge in [-0.15, -0.1) is 0 Å². The molecule has 0 rings (SSSR count). The first-order chi connectivity index (χ1) is 11.1. The van der Waals surface area contributed by atoms with Crippen molar-refractivity contribution in [1.82, 2.24) is 0 Å². The molecule has 140 valence electrons. The number of ether oxygens (including phenoxy) is 1. The summed E-state index contributed by atoms with van der Waals surface area (Å²) in [6.45, 7) is 12.3. The van der Waals surface area contributed by atoms with Crippen molar-refractivity contribution < 1.29 is 4.74 Å². The number of rotatable bonds is 17. The molecule has 0 aliphatic heterocycles. The fraction of sp³-hybridized carbons (Fsp3) is 1.00. The summed E-state index contributed by atoms with van der Waals surface area (Å²) in [6.07, 6.45) is 20.0. The van der Waals surface area contributed by atoms with Crippen LogP contribution >= 0.6 is 0 Å². The minimum absolute atomic E-state index is 0.393. The van der Waals surface area contributed by atoms with E-state index in [0.717, 1.165) is 6.61 Å². The Kier molecular flexibility index (Phi) is 15.5. The van der Waals surface area contributed by atoms with Gasteiger partial charge in [0, 0.05) is 6.61 Å². The molecule has 0 aromatic heterocycles. The SMILES string of the molecule is CCCC(CCC)(CCC)CCCCCCCCCOC(C)C. The Morgan fingerprint density at radius 3 is 1.48 bits per heavy atom. The molecule has 0 aliphatic rings. The lowest BCUT2D eigenvalue weighted by atomic mass is 9.72. The normalized spacial score (nSPS) is 12.3. The van der Waals surface area contributed by atoms with Crippen molar-refractivity contribution in [2.24, 2.45) is 5.41 Å². The van der Waals surface area contributed by atoms with Crippen molar-refractivity contribution in [3.63, 3.8) is 0 Å². The van der Waals surface area contributed by atoms with E-state index in [1.165, 1.54) is 89.9 Å². The molecule has 0 atom stereocenters. The van der Waals surface area contributed by atoms with Crippen LogP contribution < -0.4 is 0 Å². The third-order valence-corrected chi connectivity index (χ3v) is 5.14. The molecule has 0 radical (unpaired) electrons. The molecule has 0 heterocycles. The fourth-order valence-corrected chi connectivity index (χ4v) is 4.15. The van der Waals surface area contributed by atoms with Crippen LogP contribution in [0.2, 0.25) is 0 Å². The molecular weight excluding hydrogens is 280 g/mol. The van der Waals surface area contributed by atoms with E-state index in [4.69, 9.17) is 4.74 Å². The lowest BCUT2D eigenvalue weighted by Gasteiger charge is -2.34. The molecule has 0 spiro atoms. The number of unbranched alkanes of at least 4 members (excludes halogenated alkanes) is 6. The van der Waals surface area contributed by atoms with Gasteiger partial charge in [-0.1, -0.05) is 78.6 Å². The molecule has 1 nitrogen and oxygen atoms in total. The summed E-state index contributed by atoms with van der Waals surface area (Å²) >= 11 is 0. The van der Waals surface area contributed by atoms with Crippen LogP contribution in [0.4, 0.5) is 0 Å². The van der Waals surface area contributed by atoms with Gasteiger partial charge in [0.25, 0.3) is 0 Å². The Labute approximate surface area is 148 Å². The minimum atomic E-state index is 0.393. The second-order valence-corrected chi connectivity index (χ2v) is 7.89. The Balaban J connectivity index is 3.69. The van der Waals surface area contributed by atoms with Gasteiger partial charge in [0.2, 0.25) is 0 Å². The first-order valence-corrected chi connectivity index (χ1v) is 10.7. The van der Waals surface area contributed by atoms with Crippen molar-refractivity contribution in [3.05, 3.63) is 0 Å². The van der Waals surface area contributed by atoms with E-state index in [1.54, 1.807) is 0 Å². The van der Waals surface area contributed by atoms with Crippen LogP contribution in [0.15, 0.2) is 0 Å². The van der Waals surface area contributed by atoms with E-state index in [-0.39, 0.29) is 0 Å². The first-order valence-electron chi connectivity index (χ1n) is 10.7. The van der Waals surface area contributed by atoms with Gasteiger partial charge < -0.3 is 4.74 Å². The van der Waals surface area contributed by atoms with Crippen molar-refractivity contribution in [3.8, 4) is 0 Å². The van der Waals surface area contributed by atoms with Crippen LogP contribution in [0.1, 0.15) is 125 Å². The van der Waals surface area contributed by atoms with Crippen LogP contribution in [-0.2, 0) is 4.74 Å². The molecule has 0 amide bonds. The zero-order valence-corrected chi connectivity index (χ0v) is 17.1. The molecule has 0 fully saturated rings. The lowest BCUT2D eigenvalue weighted by Crippen LogP contribution is -2.20. The van der Waals surface area contributed by atoms with E-state index in [2.05, 4.69) is 34.6 Å². The van der Waals surface area contributed by atoms with E-state index in [1.807, 2.05) is 0 Å². The summed E-state index contributed by atoms with van der Waals surface area (Å²) in [4.78, 5) is 0. The molecule has 0 aromatic carbocycles. The second-order valence-electron chi connectivity index (χ2n) is 7.89. The van der Waals surface area contributed by atoms with E-state index >= 15 is 0 Å². The summed E-state index contributed by atoms with van der Waals surface area (Å²) in [6, 6.07) is 0. The smallest absolute Gasteiger partial charge is 0.0518 e. The number of hydrogen-bond donors (Lipinski definition) is 0. The standard InChI is InChI=1S/C22H46O/c1-6-16-22(17-7-2,18-8-3)19-14-12-10-9-11-13-15-20-23-21(4)5/h21H,6-20H2,1-5H3. The molecule has 0 saturated heterocycles. The maximum absolute atomic E-state index is 5.59. The molecule has 0 saturated carbocycles. The predicted molar refractivity (Wildman–Crippen MR) is 105 cm³/mol. The molecule has 1 heteroatoms. The summed E-state index contributed by atoms with van der Waals surface area (Å²) < 4.78 is 5.59. The molecule has 0 aliphatic carbocycles. The van der Waals surface area contributed by atoms with Crippen LogP contribution in [-0.4, -0.2) is 12.7 Å². The summed E-state index contributed by atoms with van der Waals surface area (Å²) in [5, 5.41) is 0. The van der Waals surface area contributed by atoms with Crippen LogP contribution in [0.3, 0.4) is 0 Å². The quantitative estimate of drug-likeness (QED) is 0.247. The topological polar surface area (TPSA) is 9.23 Å². The molecular formula is C22H46O. The lowest BCUT2D eigenvalue weighted by molar-refractivity contribution is 0.0756. The molecule has 0 N–H and O–H groups in total. The van der Waals surface area contributed by atoms with Gasteiger partial charge in [0.1, 0.15) is 0 Å². The van der Waals surface area contributed by atoms with Crippen molar-refractivity contribution in [2.45, 2.75) is 131 Å². The number of hydrogen-bond acceptors (Lipinski definition) is 1. The maximum atomic E-state index is 5.59. The summed E-state index contributed by atoms with van der Waals surface area (Å²) in [5.74, 6) is 0. The Morgan fingerprint density at radius 2 is 1.04 bits per heavy atom. The Bertz CT molecular complexity index is 217. The maximum Gasteiger partial charge on any atom is 0.0518 e. The average Bonchev–Trinajstić information content (AvgIpc) is 2.49. The van der Waals surface area contributed by atoms with Gasteiger partial charge in [0.05, 0.1) is 6.10 Å². The highest BCUT2D eigenvalue weighted by Crippen LogP contribution is 2.40. The van der Waals surface area contributed by atoms with Gasteiger partial charge in [-0.25, -0.2) is 0 Å². The highest BCUT2D eigenvalue weighted by Gasteiger charge is 2.26. The van der Waals surface area contributed by atoms with E-state index < -0.39 is 0 Å². The monoisotopic (exact) mass is 326 g/mol. The second kappa shape index (κ2) is 15.5. The molecule has 0 aromatic rings. The zero-order valence-electron chi connectivity index (χ0n) is 17.1. The Hall–Kier alpha value is -0.0400. The van der Waals surface area contributed by atoms with Gasteiger partial charge >= 0.3 is 0 Å². The van der Waals surface area contributed by atoms with Gasteiger partial charge in [-0.2, -0.15) is 0 Å². The zero-order chi connectivity index (χ0) is 17.4. The minimum Gasteiger partial charge on any atom is -0.379 e. The van der Waals surface area contributed by atoms with Crippen LogP contribution in [0, 0.1) is 5.41 Å². The third kappa shape index (κ3) is 13.0.